The van der Waals surface area contributed by atoms with E-state index in [1.807, 2.05) is 0 Å². The van der Waals surface area contributed by atoms with E-state index in [1.54, 1.807) is 30.3 Å². The van der Waals surface area contributed by atoms with Crippen molar-refractivity contribution in [3.05, 3.63) is 59.7 Å². The van der Waals surface area contributed by atoms with Crippen molar-refractivity contribution < 1.29 is 22.7 Å². The Morgan fingerprint density at radius 2 is 1.67 bits per heavy atom. The minimum Gasteiger partial charge on any atom is -0.465 e. The van der Waals surface area contributed by atoms with Gasteiger partial charge in [0.25, 0.3) is 5.91 Å². The molecule has 1 saturated heterocycles. The van der Waals surface area contributed by atoms with Gasteiger partial charge >= 0.3 is 5.97 Å². The number of nitrogens with one attached hydrogen (secondary N) is 1. The van der Waals surface area contributed by atoms with Gasteiger partial charge in [0, 0.05) is 24.3 Å². The number of amides is 1. The van der Waals surface area contributed by atoms with Crippen LogP contribution in [0.25, 0.3) is 0 Å². The van der Waals surface area contributed by atoms with E-state index < -0.39 is 21.9 Å². The molecule has 1 aliphatic heterocycles. The zero-order valence-corrected chi connectivity index (χ0v) is 15.7. The number of carbonyl (C=O) groups excluding carboxylic acids is 2. The Hall–Kier alpha value is -2.71. The summed E-state index contributed by atoms with van der Waals surface area (Å²) in [4.78, 5) is 24.2. The highest BCUT2D eigenvalue weighted by molar-refractivity contribution is 7.89. The van der Waals surface area contributed by atoms with Gasteiger partial charge in [0.2, 0.25) is 10.0 Å². The predicted molar refractivity (Wildman–Crippen MR) is 100 cm³/mol. The first-order valence-corrected chi connectivity index (χ1v) is 9.96. The van der Waals surface area contributed by atoms with E-state index in [9.17, 15) is 18.0 Å². The van der Waals surface area contributed by atoms with Gasteiger partial charge in [0.1, 0.15) is 0 Å². The lowest BCUT2D eigenvalue weighted by atomic mass is 10.1. The van der Waals surface area contributed by atoms with E-state index in [2.05, 4.69) is 10.1 Å². The van der Waals surface area contributed by atoms with E-state index in [4.69, 9.17) is 0 Å². The van der Waals surface area contributed by atoms with Crippen LogP contribution in [0, 0.1) is 0 Å². The summed E-state index contributed by atoms with van der Waals surface area (Å²) < 4.78 is 31.4. The second-order valence-electron chi connectivity index (χ2n) is 6.17. The van der Waals surface area contributed by atoms with Gasteiger partial charge in [-0.25, -0.2) is 13.2 Å². The molecule has 7 nitrogen and oxygen atoms in total. The van der Waals surface area contributed by atoms with Crippen molar-refractivity contribution in [1.82, 2.24) is 4.31 Å². The maximum Gasteiger partial charge on any atom is 0.337 e. The average Bonchev–Trinajstić information content (AvgIpc) is 3.23. The number of anilines is 1. The maximum atomic E-state index is 12.7. The second-order valence-corrected chi connectivity index (χ2v) is 8.10. The molecule has 0 radical (unpaired) electrons. The van der Waals surface area contributed by atoms with Crippen LogP contribution in [0.1, 0.15) is 33.6 Å². The molecule has 27 heavy (non-hydrogen) atoms. The molecule has 0 unspecified atom stereocenters. The van der Waals surface area contributed by atoms with Crippen molar-refractivity contribution in [3.63, 3.8) is 0 Å². The number of benzene rings is 2. The Labute approximate surface area is 158 Å². The maximum absolute atomic E-state index is 12.7. The zero-order valence-electron chi connectivity index (χ0n) is 14.8. The van der Waals surface area contributed by atoms with Gasteiger partial charge in [-0.2, -0.15) is 4.31 Å². The Morgan fingerprint density at radius 3 is 2.37 bits per heavy atom. The molecule has 1 N–H and O–H groups in total. The summed E-state index contributed by atoms with van der Waals surface area (Å²) in [5, 5.41) is 2.67. The smallest absolute Gasteiger partial charge is 0.337 e. The van der Waals surface area contributed by atoms with Gasteiger partial charge in [0.05, 0.1) is 17.6 Å². The highest BCUT2D eigenvalue weighted by Gasteiger charge is 2.27. The first kappa shape index (κ1) is 19.1. The minimum atomic E-state index is -3.60. The van der Waals surface area contributed by atoms with Crippen LogP contribution in [-0.2, 0) is 14.8 Å². The third-order valence-electron chi connectivity index (χ3n) is 4.34. The first-order valence-electron chi connectivity index (χ1n) is 8.52. The molecule has 1 amide bonds. The molecule has 0 aromatic heterocycles. The van der Waals surface area contributed by atoms with Gasteiger partial charge in [-0.15, -0.1) is 0 Å². The third-order valence-corrected chi connectivity index (χ3v) is 6.24. The van der Waals surface area contributed by atoms with Crippen LogP contribution in [0.5, 0.6) is 0 Å². The monoisotopic (exact) mass is 388 g/mol. The van der Waals surface area contributed by atoms with E-state index in [0.29, 0.717) is 24.3 Å². The Bertz CT molecular complexity index is 966. The number of methoxy groups -OCH3 is 1. The van der Waals surface area contributed by atoms with Crippen molar-refractivity contribution in [1.29, 1.82) is 0 Å². The number of nitrogens with zero attached hydrogens (tertiary/aromatic N) is 1. The Morgan fingerprint density at radius 1 is 1.00 bits per heavy atom. The van der Waals surface area contributed by atoms with E-state index in [0.717, 1.165) is 12.8 Å². The fraction of sp³-hybridized carbons (Fsp3) is 0.263. The number of hydrogen-bond acceptors (Lipinski definition) is 5. The van der Waals surface area contributed by atoms with Gasteiger partial charge in [0.15, 0.2) is 0 Å². The second kappa shape index (κ2) is 7.89. The highest BCUT2D eigenvalue weighted by atomic mass is 32.2. The summed E-state index contributed by atoms with van der Waals surface area (Å²) in [6.45, 7) is 0.998. The van der Waals surface area contributed by atoms with E-state index in [-0.39, 0.29) is 10.5 Å². The van der Waals surface area contributed by atoms with Crippen LogP contribution in [0.3, 0.4) is 0 Å². The molecule has 0 aliphatic carbocycles. The minimum absolute atomic E-state index is 0.0976. The van der Waals surface area contributed by atoms with Crippen LogP contribution < -0.4 is 5.32 Å². The average molecular weight is 388 g/mol. The zero-order chi connectivity index (χ0) is 19.4. The third kappa shape index (κ3) is 4.17. The molecule has 1 heterocycles. The molecule has 2 aromatic rings. The van der Waals surface area contributed by atoms with Crippen LogP contribution >= 0.6 is 0 Å². The van der Waals surface area contributed by atoms with E-state index >= 15 is 0 Å². The fourth-order valence-electron chi connectivity index (χ4n) is 2.92. The largest absolute Gasteiger partial charge is 0.465 e. The number of sulfonamides is 1. The summed E-state index contributed by atoms with van der Waals surface area (Å²) in [6.07, 6.45) is 1.69. The normalized spacial score (nSPS) is 14.7. The molecule has 2 aromatic carbocycles. The van der Waals surface area contributed by atoms with Gasteiger partial charge in [-0.3, -0.25) is 4.79 Å². The topological polar surface area (TPSA) is 92.8 Å². The number of esters is 1. The number of carbonyl (C=O) groups is 2. The lowest BCUT2D eigenvalue weighted by Crippen LogP contribution is -2.28. The first-order chi connectivity index (χ1) is 12.9. The molecule has 0 atom stereocenters. The summed E-state index contributed by atoms with van der Waals surface area (Å²) in [5.41, 5.74) is 0.940. The quantitative estimate of drug-likeness (QED) is 0.795. The van der Waals surface area contributed by atoms with Crippen molar-refractivity contribution >= 4 is 27.6 Å². The van der Waals surface area contributed by atoms with E-state index in [1.165, 1.54) is 29.6 Å². The molecule has 0 spiro atoms. The van der Waals surface area contributed by atoms with Crippen LogP contribution in [0.4, 0.5) is 5.69 Å². The Kier molecular flexibility index (Phi) is 5.57. The van der Waals surface area contributed by atoms with Gasteiger partial charge < -0.3 is 10.1 Å². The summed E-state index contributed by atoms with van der Waals surface area (Å²) in [6, 6.07) is 12.3. The van der Waals surface area contributed by atoms with Crippen LogP contribution in [-0.4, -0.2) is 44.8 Å². The summed E-state index contributed by atoms with van der Waals surface area (Å²) >= 11 is 0. The highest BCUT2D eigenvalue weighted by Crippen LogP contribution is 2.22. The molecule has 3 rings (SSSR count). The molecule has 1 fully saturated rings. The summed E-state index contributed by atoms with van der Waals surface area (Å²) in [5.74, 6) is -0.972. The number of rotatable bonds is 5. The standard InChI is InChI=1S/C19H20N2O5S/c1-26-19(23)15-7-4-8-16(12-15)20-18(22)14-6-5-9-17(13-14)27(24,25)21-10-2-3-11-21/h4-9,12-13H,2-3,10-11H2,1H3,(H,20,22). The van der Waals surface area contributed by atoms with Crippen molar-refractivity contribution in [2.75, 3.05) is 25.5 Å². The predicted octanol–water partition coefficient (Wildman–Crippen LogP) is 2.51. The molecule has 142 valence electrons. The molecule has 0 saturated carbocycles. The molecular weight excluding hydrogens is 368 g/mol. The van der Waals surface area contributed by atoms with Crippen LogP contribution in [0.2, 0.25) is 0 Å². The van der Waals surface area contributed by atoms with Crippen molar-refractivity contribution in [3.8, 4) is 0 Å². The Balaban J connectivity index is 1.81. The number of ether oxygens (including phenoxy) is 1. The van der Waals surface area contributed by atoms with Gasteiger partial charge in [-0.1, -0.05) is 12.1 Å². The SMILES string of the molecule is COC(=O)c1cccc(NC(=O)c2cccc(S(=O)(=O)N3CCCC3)c2)c1. The lowest BCUT2D eigenvalue weighted by molar-refractivity contribution is 0.0600. The molecular formula is C19H20N2O5S. The summed E-state index contributed by atoms with van der Waals surface area (Å²) in [7, 11) is -2.32. The fourth-order valence-corrected chi connectivity index (χ4v) is 4.48. The lowest BCUT2D eigenvalue weighted by Gasteiger charge is -2.16. The molecule has 8 heteroatoms. The molecule has 1 aliphatic rings. The van der Waals surface area contributed by atoms with Crippen molar-refractivity contribution in [2.45, 2.75) is 17.7 Å². The number of hydrogen-bond donors (Lipinski definition) is 1. The van der Waals surface area contributed by atoms with Gasteiger partial charge in [-0.05, 0) is 49.2 Å². The van der Waals surface area contributed by atoms with Crippen LogP contribution in [0.15, 0.2) is 53.4 Å². The molecule has 0 bridgehead atoms. The van der Waals surface area contributed by atoms with Crippen molar-refractivity contribution in [2.24, 2.45) is 0 Å².